The molecule has 32 heavy (non-hydrogen) atoms. The van der Waals surface area contributed by atoms with Crippen LogP contribution in [0.25, 0.3) is 22.8 Å². The van der Waals surface area contributed by atoms with Crippen LogP contribution in [0.15, 0.2) is 72.8 Å². The van der Waals surface area contributed by atoms with Crippen molar-refractivity contribution in [1.29, 1.82) is 0 Å². The van der Waals surface area contributed by atoms with Crippen LogP contribution in [-0.4, -0.2) is 33.7 Å². The number of ether oxygens (including phenoxy) is 1. The normalized spacial score (nSPS) is 11.1. The molecule has 0 atom stereocenters. The number of hydrogen-bond acceptors (Lipinski definition) is 5. The van der Waals surface area contributed by atoms with Crippen molar-refractivity contribution in [3.8, 4) is 22.8 Å². The van der Waals surface area contributed by atoms with E-state index in [-0.39, 0.29) is 5.92 Å². The Bertz CT molecular complexity index is 1100. The molecule has 162 valence electrons. The number of hydrogen-bond donors (Lipinski definition) is 0. The Kier molecular flexibility index (Phi) is 6.97. The molecule has 0 bridgehead atoms. The second kappa shape index (κ2) is 10.2. The van der Waals surface area contributed by atoms with Gasteiger partial charge in [0, 0.05) is 36.5 Å². The van der Waals surface area contributed by atoms with Crippen molar-refractivity contribution >= 4 is 0 Å². The van der Waals surface area contributed by atoms with E-state index in [2.05, 4.69) is 22.1 Å². The minimum Gasteiger partial charge on any atom is -0.384 e. The van der Waals surface area contributed by atoms with E-state index in [1.54, 1.807) is 7.11 Å². The zero-order valence-corrected chi connectivity index (χ0v) is 18.8. The van der Waals surface area contributed by atoms with Crippen LogP contribution in [0, 0.1) is 19.8 Å². The van der Waals surface area contributed by atoms with Crippen LogP contribution in [0.2, 0.25) is 0 Å². The van der Waals surface area contributed by atoms with Crippen LogP contribution in [0.3, 0.4) is 0 Å². The van der Waals surface area contributed by atoms with E-state index in [1.807, 2.05) is 74.5 Å². The van der Waals surface area contributed by atoms with Gasteiger partial charge >= 0.3 is 0 Å². The van der Waals surface area contributed by atoms with Gasteiger partial charge in [0.2, 0.25) is 0 Å². The van der Waals surface area contributed by atoms with Crippen molar-refractivity contribution in [2.75, 3.05) is 13.7 Å². The van der Waals surface area contributed by atoms with Crippen molar-refractivity contribution in [2.24, 2.45) is 5.92 Å². The van der Waals surface area contributed by atoms with E-state index in [9.17, 15) is 0 Å². The molecule has 4 aromatic heterocycles. The highest BCUT2D eigenvalue weighted by atomic mass is 16.5. The highest BCUT2D eigenvalue weighted by molar-refractivity contribution is 5.55. The number of aryl methyl sites for hydroxylation is 2. The van der Waals surface area contributed by atoms with Gasteiger partial charge in [0.15, 0.2) is 0 Å². The molecule has 0 fully saturated rings. The summed E-state index contributed by atoms with van der Waals surface area (Å²) < 4.78 is 5.53. The average Bonchev–Trinajstić information content (AvgIpc) is 2.80. The Morgan fingerprint density at radius 3 is 1.41 bits per heavy atom. The first-order valence-electron chi connectivity index (χ1n) is 10.9. The van der Waals surface area contributed by atoms with Gasteiger partial charge in [0.1, 0.15) is 0 Å². The molecule has 0 amide bonds. The second-order valence-electron chi connectivity index (χ2n) is 8.09. The topological polar surface area (TPSA) is 60.8 Å². The molecule has 4 rings (SSSR count). The number of aromatic nitrogens is 4. The Morgan fingerprint density at radius 1 is 0.594 bits per heavy atom. The lowest BCUT2D eigenvalue weighted by Gasteiger charge is -2.16. The molecule has 0 unspecified atom stereocenters. The molecular formula is C27H28N4O. The van der Waals surface area contributed by atoms with Crippen molar-refractivity contribution in [3.05, 3.63) is 95.6 Å². The maximum absolute atomic E-state index is 5.53. The van der Waals surface area contributed by atoms with Gasteiger partial charge < -0.3 is 4.74 Å². The summed E-state index contributed by atoms with van der Waals surface area (Å²) in [5.74, 6) is 0.265. The minimum atomic E-state index is 0.265. The first kappa shape index (κ1) is 21.8. The lowest BCUT2D eigenvalue weighted by atomic mass is 9.97. The van der Waals surface area contributed by atoms with Gasteiger partial charge in [0.05, 0.1) is 22.8 Å². The largest absolute Gasteiger partial charge is 0.384 e. The fourth-order valence-electron chi connectivity index (χ4n) is 3.86. The molecule has 0 aliphatic rings. The van der Waals surface area contributed by atoms with Crippen molar-refractivity contribution in [3.63, 3.8) is 0 Å². The molecule has 0 saturated heterocycles. The fourth-order valence-corrected chi connectivity index (χ4v) is 3.86. The van der Waals surface area contributed by atoms with Gasteiger partial charge in [0.25, 0.3) is 0 Å². The van der Waals surface area contributed by atoms with E-state index < -0.39 is 0 Å². The zero-order chi connectivity index (χ0) is 22.3. The smallest absolute Gasteiger partial charge is 0.0889 e. The summed E-state index contributed by atoms with van der Waals surface area (Å²) in [6, 6.07) is 24.3. The summed E-state index contributed by atoms with van der Waals surface area (Å²) in [7, 11) is 1.74. The van der Waals surface area contributed by atoms with E-state index in [4.69, 9.17) is 14.7 Å². The van der Waals surface area contributed by atoms with Gasteiger partial charge in [-0.15, -0.1) is 0 Å². The molecule has 5 nitrogen and oxygen atoms in total. The Hall–Kier alpha value is -3.44. The van der Waals surface area contributed by atoms with Crippen LogP contribution in [-0.2, 0) is 17.6 Å². The molecule has 0 N–H and O–H groups in total. The zero-order valence-electron chi connectivity index (χ0n) is 18.8. The lowest BCUT2D eigenvalue weighted by Crippen LogP contribution is -2.16. The molecule has 0 saturated carbocycles. The lowest BCUT2D eigenvalue weighted by molar-refractivity contribution is 0.151. The molecule has 0 aromatic carbocycles. The van der Waals surface area contributed by atoms with E-state index in [0.717, 1.165) is 58.4 Å². The fraction of sp³-hybridized carbons (Fsp3) is 0.259. The summed E-state index contributed by atoms with van der Waals surface area (Å²) >= 11 is 0. The Labute approximate surface area is 189 Å². The summed E-state index contributed by atoms with van der Waals surface area (Å²) in [6.07, 6.45) is 1.62. The second-order valence-corrected chi connectivity index (χ2v) is 8.09. The van der Waals surface area contributed by atoms with E-state index in [1.165, 1.54) is 0 Å². The van der Waals surface area contributed by atoms with Gasteiger partial charge in [-0.2, -0.15) is 0 Å². The first-order chi connectivity index (χ1) is 15.6. The van der Waals surface area contributed by atoms with Crippen LogP contribution < -0.4 is 0 Å². The molecule has 0 aliphatic carbocycles. The van der Waals surface area contributed by atoms with E-state index >= 15 is 0 Å². The molecular weight excluding hydrogens is 396 g/mol. The Balaban J connectivity index is 1.53. The quantitative estimate of drug-likeness (QED) is 0.386. The van der Waals surface area contributed by atoms with Gasteiger partial charge in [-0.3, -0.25) is 19.9 Å². The van der Waals surface area contributed by atoms with Crippen LogP contribution in [0.4, 0.5) is 0 Å². The molecule has 4 heterocycles. The summed E-state index contributed by atoms with van der Waals surface area (Å²) in [4.78, 5) is 19.0. The third-order valence-corrected chi connectivity index (χ3v) is 5.31. The van der Waals surface area contributed by atoms with Crippen molar-refractivity contribution < 1.29 is 4.74 Å². The molecule has 0 aliphatic heterocycles. The molecule has 5 heteroatoms. The third-order valence-electron chi connectivity index (χ3n) is 5.31. The molecule has 4 aromatic rings. The van der Waals surface area contributed by atoms with Crippen molar-refractivity contribution in [1.82, 2.24) is 19.9 Å². The van der Waals surface area contributed by atoms with Crippen LogP contribution in [0.1, 0.15) is 22.8 Å². The third kappa shape index (κ3) is 5.62. The molecule has 0 radical (unpaired) electrons. The Morgan fingerprint density at radius 2 is 1.00 bits per heavy atom. The minimum absolute atomic E-state index is 0.265. The standard InChI is InChI=1S/C27H28N4O/c1-19-8-4-12-24(28-19)26-14-6-10-22(30-26)16-21(18-32-3)17-23-11-7-15-27(31-23)25-13-5-9-20(2)29-25/h4-15,21H,16-18H2,1-3H3. The number of rotatable bonds is 8. The summed E-state index contributed by atoms with van der Waals surface area (Å²) in [5.41, 5.74) is 7.63. The summed E-state index contributed by atoms with van der Waals surface area (Å²) in [5, 5.41) is 0. The highest BCUT2D eigenvalue weighted by Crippen LogP contribution is 2.20. The predicted octanol–water partition coefficient (Wildman–Crippen LogP) is 5.27. The maximum Gasteiger partial charge on any atom is 0.0889 e. The molecule has 0 spiro atoms. The van der Waals surface area contributed by atoms with Crippen LogP contribution in [0.5, 0.6) is 0 Å². The van der Waals surface area contributed by atoms with Gasteiger partial charge in [-0.25, -0.2) is 0 Å². The van der Waals surface area contributed by atoms with Gasteiger partial charge in [-0.1, -0.05) is 24.3 Å². The van der Waals surface area contributed by atoms with Gasteiger partial charge in [-0.05, 0) is 81.1 Å². The van der Waals surface area contributed by atoms with Crippen LogP contribution >= 0.6 is 0 Å². The van der Waals surface area contributed by atoms with Crippen molar-refractivity contribution in [2.45, 2.75) is 26.7 Å². The number of pyridine rings is 4. The summed E-state index contributed by atoms with van der Waals surface area (Å²) in [6.45, 7) is 4.63. The SMILES string of the molecule is COCC(Cc1cccc(-c2cccc(C)n2)n1)Cc1cccc(-c2cccc(C)n2)n1. The maximum atomic E-state index is 5.53. The monoisotopic (exact) mass is 424 g/mol. The average molecular weight is 425 g/mol. The highest BCUT2D eigenvalue weighted by Gasteiger charge is 2.14. The van der Waals surface area contributed by atoms with E-state index in [0.29, 0.717) is 6.61 Å². The predicted molar refractivity (Wildman–Crippen MR) is 127 cm³/mol. The number of methoxy groups -OCH3 is 1. The first-order valence-corrected chi connectivity index (χ1v) is 10.9. The number of nitrogens with zero attached hydrogens (tertiary/aromatic N) is 4.